The summed E-state index contributed by atoms with van der Waals surface area (Å²) in [6.45, 7) is 19.4. The SMILES string of the molecule is CC(C)(C)CCOCCOCCOCCOCCOCCOC(C)(C)C. The average Bonchev–Trinajstić information content (AvgIpc) is 2.51. The van der Waals surface area contributed by atoms with Gasteiger partial charge >= 0.3 is 0 Å². The first-order valence-corrected chi connectivity index (χ1v) is 9.73. The Morgan fingerprint density at radius 1 is 0.423 bits per heavy atom. The fourth-order valence-electron chi connectivity index (χ4n) is 1.77. The molecule has 0 saturated carbocycles. The second-order valence-electron chi connectivity index (χ2n) is 8.33. The molecule has 6 nitrogen and oxygen atoms in total. The van der Waals surface area contributed by atoms with Gasteiger partial charge in [0.1, 0.15) is 0 Å². The van der Waals surface area contributed by atoms with Crippen LogP contribution < -0.4 is 0 Å². The van der Waals surface area contributed by atoms with Crippen LogP contribution in [-0.4, -0.2) is 78.3 Å². The monoisotopic (exact) mass is 378 g/mol. The van der Waals surface area contributed by atoms with E-state index in [0.29, 0.717) is 71.5 Å². The smallest absolute Gasteiger partial charge is 0.0707 e. The molecule has 0 aromatic heterocycles. The highest BCUT2D eigenvalue weighted by molar-refractivity contribution is 4.59. The third-order valence-corrected chi connectivity index (χ3v) is 3.25. The first kappa shape index (κ1) is 25.8. The quantitative estimate of drug-likeness (QED) is 0.362. The van der Waals surface area contributed by atoms with Crippen molar-refractivity contribution in [3.8, 4) is 0 Å². The maximum atomic E-state index is 5.56. The number of ether oxygens (including phenoxy) is 6. The van der Waals surface area contributed by atoms with E-state index in [4.69, 9.17) is 28.4 Å². The first-order valence-electron chi connectivity index (χ1n) is 9.73. The van der Waals surface area contributed by atoms with Gasteiger partial charge in [0.2, 0.25) is 0 Å². The summed E-state index contributed by atoms with van der Waals surface area (Å²) in [5.74, 6) is 0. The average molecular weight is 379 g/mol. The molecule has 0 fully saturated rings. The van der Waals surface area contributed by atoms with Crippen LogP contribution in [0.1, 0.15) is 48.0 Å². The van der Waals surface area contributed by atoms with Gasteiger partial charge in [-0.2, -0.15) is 0 Å². The molecule has 0 unspecified atom stereocenters. The van der Waals surface area contributed by atoms with E-state index in [9.17, 15) is 0 Å². The molecule has 0 heterocycles. The fraction of sp³-hybridized carbons (Fsp3) is 1.00. The molecule has 6 heteroatoms. The normalized spacial score (nSPS) is 12.7. The van der Waals surface area contributed by atoms with E-state index in [1.165, 1.54) is 0 Å². The second kappa shape index (κ2) is 15.8. The molecular formula is C20H42O6. The minimum Gasteiger partial charge on any atom is -0.379 e. The van der Waals surface area contributed by atoms with E-state index in [0.717, 1.165) is 13.0 Å². The molecule has 158 valence electrons. The molecule has 0 aliphatic heterocycles. The van der Waals surface area contributed by atoms with Crippen molar-refractivity contribution in [3.05, 3.63) is 0 Å². The largest absolute Gasteiger partial charge is 0.379 e. The molecule has 0 radical (unpaired) electrons. The molecule has 0 aromatic carbocycles. The van der Waals surface area contributed by atoms with Crippen molar-refractivity contribution in [2.75, 3.05) is 72.7 Å². The van der Waals surface area contributed by atoms with Gasteiger partial charge in [0.05, 0.1) is 71.7 Å². The van der Waals surface area contributed by atoms with Crippen LogP contribution >= 0.6 is 0 Å². The predicted octanol–water partition coefficient (Wildman–Crippen LogP) is 3.32. The van der Waals surface area contributed by atoms with Crippen LogP contribution in [0.25, 0.3) is 0 Å². The molecule has 0 saturated heterocycles. The van der Waals surface area contributed by atoms with Crippen molar-refractivity contribution in [1.82, 2.24) is 0 Å². The van der Waals surface area contributed by atoms with Crippen molar-refractivity contribution >= 4 is 0 Å². The minimum atomic E-state index is -0.111. The van der Waals surface area contributed by atoms with Gasteiger partial charge in [0.25, 0.3) is 0 Å². The standard InChI is InChI=1S/C20H42O6/c1-19(2,3)7-8-21-9-10-22-11-12-23-13-14-24-15-16-25-17-18-26-20(4,5)6/h7-18H2,1-6H3. The van der Waals surface area contributed by atoms with Gasteiger partial charge in [0.15, 0.2) is 0 Å². The Morgan fingerprint density at radius 3 is 1.04 bits per heavy atom. The third-order valence-electron chi connectivity index (χ3n) is 3.25. The lowest BCUT2D eigenvalue weighted by molar-refractivity contribution is -0.0464. The lowest BCUT2D eigenvalue weighted by Crippen LogP contribution is -2.22. The van der Waals surface area contributed by atoms with Crippen molar-refractivity contribution in [2.45, 2.75) is 53.6 Å². The highest BCUT2D eigenvalue weighted by Gasteiger charge is 2.09. The van der Waals surface area contributed by atoms with Crippen LogP contribution in [-0.2, 0) is 28.4 Å². The van der Waals surface area contributed by atoms with Crippen LogP contribution in [0.4, 0.5) is 0 Å². The molecule has 0 rings (SSSR count). The van der Waals surface area contributed by atoms with Crippen molar-refractivity contribution < 1.29 is 28.4 Å². The minimum absolute atomic E-state index is 0.111. The van der Waals surface area contributed by atoms with E-state index >= 15 is 0 Å². The van der Waals surface area contributed by atoms with Gasteiger partial charge in [-0.3, -0.25) is 0 Å². The molecule has 0 atom stereocenters. The van der Waals surface area contributed by atoms with Gasteiger partial charge in [-0.15, -0.1) is 0 Å². The maximum absolute atomic E-state index is 5.56. The Kier molecular flexibility index (Phi) is 15.6. The Labute approximate surface area is 160 Å². The van der Waals surface area contributed by atoms with Crippen LogP contribution in [0.15, 0.2) is 0 Å². The second-order valence-corrected chi connectivity index (χ2v) is 8.33. The predicted molar refractivity (Wildman–Crippen MR) is 104 cm³/mol. The lowest BCUT2D eigenvalue weighted by atomic mass is 9.93. The molecule has 0 aliphatic rings. The Morgan fingerprint density at radius 2 is 0.731 bits per heavy atom. The van der Waals surface area contributed by atoms with Crippen molar-refractivity contribution in [1.29, 1.82) is 0 Å². The van der Waals surface area contributed by atoms with Crippen LogP contribution in [0.3, 0.4) is 0 Å². The number of hydrogen-bond donors (Lipinski definition) is 0. The zero-order valence-corrected chi connectivity index (χ0v) is 17.9. The van der Waals surface area contributed by atoms with Crippen molar-refractivity contribution in [2.24, 2.45) is 5.41 Å². The number of hydrogen-bond acceptors (Lipinski definition) is 6. The third kappa shape index (κ3) is 23.8. The summed E-state index contributed by atoms with van der Waals surface area (Å²) in [4.78, 5) is 0. The van der Waals surface area contributed by atoms with Gasteiger partial charge in [0, 0.05) is 6.61 Å². The summed E-state index contributed by atoms with van der Waals surface area (Å²) in [6, 6.07) is 0. The molecule has 26 heavy (non-hydrogen) atoms. The summed E-state index contributed by atoms with van der Waals surface area (Å²) in [5, 5.41) is 0. The Hall–Kier alpha value is -0.240. The summed E-state index contributed by atoms with van der Waals surface area (Å²) in [7, 11) is 0. The number of rotatable bonds is 17. The van der Waals surface area contributed by atoms with Crippen LogP contribution in [0.5, 0.6) is 0 Å². The molecule has 0 spiro atoms. The molecular weight excluding hydrogens is 336 g/mol. The van der Waals surface area contributed by atoms with Gasteiger partial charge < -0.3 is 28.4 Å². The first-order chi connectivity index (χ1) is 12.2. The van der Waals surface area contributed by atoms with E-state index in [-0.39, 0.29) is 5.60 Å². The molecule has 0 N–H and O–H groups in total. The maximum Gasteiger partial charge on any atom is 0.0707 e. The van der Waals surface area contributed by atoms with Crippen LogP contribution in [0, 0.1) is 5.41 Å². The zero-order valence-electron chi connectivity index (χ0n) is 17.9. The van der Waals surface area contributed by atoms with Gasteiger partial charge in [-0.25, -0.2) is 0 Å². The van der Waals surface area contributed by atoms with Gasteiger partial charge in [-0.05, 0) is 32.6 Å². The van der Waals surface area contributed by atoms with Gasteiger partial charge in [-0.1, -0.05) is 20.8 Å². The van der Waals surface area contributed by atoms with Crippen molar-refractivity contribution in [3.63, 3.8) is 0 Å². The molecule has 0 aromatic rings. The molecule has 0 bridgehead atoms. The zero-order chi connectivity index (χ0) is 19.7. The Balaban J connectivity index is 3.07. The summed E-state index contributed by atoms with van der Waals surface area (Å²) in [6.07, 6.45) is 1.06. The highest BCUT2D eigenvalue weighted by atomic mass is 16.6. The summed E-state index contributed by atoms with van der Waals surface area (Å²) < 4.78 is 32.8. The van der Waals surface area contributed by atoms with E-state index in [1.54, 1.807) is 0 Å². The van der Waals surface area contributed by atoms with E-state index in [1.807, 2.05) is 20.8 Å². The Bertz CT molecular complexity index is 266. The summed E-state index contributed by atoms with van der Waals surface area (Å²) >= 11 is 0. The van der Waals surface area contributed by atoms with Crippen LogP contribution in [0.2, 0.25) is 0 Å². The van der Waals surface area contributed by atoms with E-state index < -0.39 is 0 Å². The lowest BCUT2D eigenvalue weighted by Gasteiger charge is -2.19. The molecule has 0 aliphatic carbocycles. The molecule has 0 amide bonds. The topological polar surface area (TPSA) is 55.4 Å². The van der Waals surface area contributed by atoms with E-state index in [2.05, 4.69) is 20.8 Å². The fourth-order valence-corrected chi connectivity index (χ4v) is 1.77. The summed E-state index contributed by atoms with van der Waals surface area (Å²) in [5.41, 5.74) is 0.212. The highest BCUT2D eigenvalue weighted by Crippen LogP contribution is 2.17.